The number of benzene rings is 1. The number of rotatable bonds is 3. The number of hydrogen-bond acceptors (Lipinski definition) is 6. The lowest BCUT2D eigenvalue weighted by atomic mass is 9.59. The molecule has 0 saturated carbocycles. The number of carbonyl (C=O) groups excluding carboxylic acids is 4. The third-order valence-corrected chi connectivity index (χ3v) is 9.26. The fourth-order valence-electron chi connectivity index (χ4n) is 6.70. The van der Waals surface area contributed by atoms with Crippen molar-refractivity contribution in [3.05, 3.63) is 85.7 Å². The minimum atomic E-state index is -0.558. The van der Waals surface area contributed by atoms with Gasteiger partial charge in [0.2, 0.25) is 11.8 Å². The van der Waals surface area contributed by atoms with Crippen LogP contribution in [0, 0.1) is 31.6 Å². The summed E-state index contributed by atoms with van der Waals surface area (Å²) in [6.07, 6.45) is 4.14. The molecule has 1 aromatic carbocycles. The highest BCUT2D eigenvalue weighted by Crippen LogP contribution is 2.55. The zero-order valence-corrected chi connectivity index (χ0v) is 21.7. The van der Waals surface area contributed by atoms with Gasteiger partial charge in [-0.1, -0.05) is 29.8 Å². The normalized spacial score (nSPS) is 27.2. The van der Waals surface area contributed by atoms with Gasteiger partial charge in [0.1, 0.15) is 5.75 Å². The van der Waals surface area contributed by atoms with Crippen LogP contribution >= 0.6 is 11.3 Å². The van der Waals surface area contributed by atoms with Gasteiger partial charge in [-0.3, -0.25) is 24.1 Å². The summed E-state index contributed by atoms with van der Waals surface area (Å²) >= 11 is 1.51. The van der Waals surface area contributed by atoms with E-state index in [9.17, 15) is 24.3 Å². The molecule has 0 spiro atoms. The average molecular weight is 514 g/mol. The van der Waals surface area contributed by atoms with E-state index in [0.717, 1.165) is 16.0 Å². The zero-order valence-electron chi connectivity index (χ0n) is 20.9. The maximum absolute atomic E-state index is 13.8. The van der Waals surface area contributed by atoms with E-state index in [1.54, 1.807) is 6.92 Å². The summed E-state index contributed by atoms with van der Waals surface area (Å²) in [5.74, 6) is -2.36. The Morgan fingerprint density at radius 2 is 1.76 bits per heavy atom. The average Bonchev–Trinajstić information content (AvgIpc) is 3.47. The molecule has 2 amide bonds. The fraction of sp³-hybridized carbons (Fsp3) is 0.333. The van der Waals surface area contributed by atoms with Crippen LogP contribution in [-0.4, -0.2) is 33.4 Å². The van der Waals surface area contributed by atoms with Crippen molar-refractivity contribution in [3.8, 4) is 5.75 Å². The molecule has 188 valence electrons. The molecule has 1 fully saturated rings. The Balaban J connectivity index is 1.48. The monoisotopic (exact) mass is 513 g/mol. The number of thiophene rings is 1. The van der Waals surface area contributed by atoms with Crippen molar-refractivity contribution in [1.82, 2.24) is 4.90 Å². The van der Waals surface area contributed by atoms with E-state index in [0.29, 0.717) is 34.3 Å². The standard InChI is InChI=1S/C30H27NO5S/c1-14-9-17(10-15(2)27(14)33)24-19-6-7-20-25(30(36)31(29(20)35)13-18-5-4-8-37-18)21(19)12-22-26(24)23(32)11-16(3)28(22)34/h4-6,8-11,20-21,24-25,33H,7,12-13H2,1-3H3. The molecule has 1 aliphatic heterocycles. The van der Waals surface area contributed by atoms with Crippen molar-refractivity contribution in [3.63, 3.8) is 0 Å². The third kappa shape index (κ3) is 3.51. The van der Waals surface area contributed by atoms with Crippen LogP contribution in [0.1, 0.15) is 47.3 Å². The molecule has 0 bridgehead atoms. The number of aryl methyl sites for hydroxylation is 2. The number of likely N-dealkylation sites (tertiary alicyclic amines) is 1. The number of amides is 2. The van der Waals surface area contributed by atoms with Crippen molar-refractivity contribution < 1.29 is 24.3 Å². The summed E-state index contributed by atoms with van der Waals surface area (Å²) in [6.45, 7) is 5.53. The number of imide groups is 1. The van der Waals surface area contributed by atoms with Crippen LogP contribution in [0.15, 0.2) is 64.1 Å². The van der Waals surface area contributed by atoms with Crippen LogP contribution in [0.2, 0.25) is 0 Å². The van der Waals surface area contributed by atoms with E-state index in [4.69, 9.17) is 0 Å². The van der Waals surface area contributed by atoms with Gasteiger partial charge >= 0.3 is 0 Å². The maximum atomic E-state index is 13.8. The van der Waals surface area contributed by atoms with Crippen molar-refractivity contribution in [1.29, 1.82) is 0 Å². The van der Waals surface area contributed by atoms with Crippen molar-refractivity contribution in [2.45, 2.75) is 46.1 Å². The SMILES string of the molecule is CC1=CC(=O)C2=C(CC3C(=CCC4C(=O)N(Cc5cccs5)C(=O)C43)C2c2cc(C)c(O)c(C)c2)C1=O. The Morgan fingerprint density at radius 3 is 2.43 bits per heavy atom. The molecule has 4 atom stereocenters. The van der Waals surface area contributed by atoms with Gasteiger partial charge in [-0.15, -0.1) is 11.3 Å². The molecule has 6 rings (SSSR count). The number of fused-ring (bicyclic) bond motifs is 3. The van der Waals surface area contributed by atoms with Crippen molar-refractivity contribution in [2.75, 3.05) is 0 Å². The summed E-state index contributed by atoms with van der Waals surface area (Å²) < 4.78 is 0. The Bertz CT molecular complexity index is 1470. The second kappa shape index (κ2) is 8.48. The second-order valence-corrected chi connectivity index (χ2v) is 11.6. The number of hydrogen-bond donors (Lipinski definition) is 1. The van der Waals surface area contributed by atoms with Gasteiger partial charge in [-0.05, 0) is 73.7 Å². The minimum Gasteiger partial charge on any atom is -0.507 e. The van der Waals surface area contributed by atoms with Gasteiger partial charge in [0, 0.05) is 27.5 Å². The highest BCUT2D eigenvalue weighted by molar-refractivity contribution is 7.09. The predicted octanol–water partition coefficient (Wildman–Crippen LogP) is 4.70. The number of carbonyl (C=O) groups is 4. The molecule has 0 radical (unpaired) electrons. The maximum Gasteiger partial charge on any atom is 0.234 e. The summed E-state index contributed by atoms with van der Waals surface area (Å²) in [6, 6.07) is 7.54. The van der Waals surface area contributed by atoms with E-state index < -0.39 is 17.8 Å². The van der Waals surface area contributed by atoms with Gasteiger partial charge in [-0.25, -0.2) is 0 Å². The Labute approximate surface area is 219 Å². The Kier molecular flexibility index (Phi) is 5.46. The summed E-state index contributed by atoms with van der Waals surface area (Å²) in [5.41, 5.74) is 4.43. The molecule has 2 heterocycles. The van der Waals surface area contributed by atoms with E-state index in [1.807, 2.05) is 49.6 Å². The lowest BCUT2D eigenvalue weighted by Gasteiger charge is -2.42. The van der Waals surface area contributed by atoms with Gasteiger partial charge in [0.15, 0.2) is 11.6 Å². The van der Waals surface area contributed by atoms with E-state index in [2.05, 4.69) is 0 Å². The molecule has 1 aromatic heterocycles. The molecule has 7 heteroatoms. The number of nitrogens with zero attached hydrogens (tertiary/aromatic N) is 1. The quantitative estimate of drug-likeness (QED) is 0.365. The molecule has 1 N–H and O–H groups in total. The van der Waals surface area contributed by atoms with E-state index in [-0.39, 0.29) is 48.0 Å². The molecule has 4 aliphatic rings. The first-order chi connectivity index (χ1) is 17.7. The summed E-state index contributed by atoms with van der Waals surface area (Å²) in [7, 11) is 0. The fourth-order valence-corrected chi connectivity index (χ4v) is 7.39. The number of Topliss-reactive ketones (excluding diaryl/α,β-unsaturated/α-hetero) is 1. The van der Waals surface area contributed by atoms with Crippen LogP contribution in [0.4, 0.5) is 0 Å². The largest absolute Gasteiger partial charge is 0.507 e. The van der Waals surface area contributed by atoms with Gasteiger partial charge in [-0.2, -0.15) is 0 Å². The van der Waals surface area contributed by atoms with E-state index in [1.165, 1.54) is 22.3 Å². The van der Waals surface area contributed by atoms with Crippen LogP contribution in [-0.2, 0) is 25.7 Å². The Hall–Kier alpha value is -3.58. The minimum absolute atomic E-state index is 0.159. The van der Waals surface area contributed by atoms with Gasteiger partial charge < -0.3 is 5.11 Å². The molecule has 37 heavy (non-hydrogen) atoms. The first-order valence-electron chi connectivity index (χ1n) is 12.6. The van der Waals surface area contributed by atoms with Crippen molar-refractivity contribution >= 4 is 34.7 Å². The van der Waals surface area contributed by atoms with Crippen LogP contribution in [0.25, 0.3) is 0 Å². The second-order valence-electron chi connectivity index (χ2n) is 10.6. The lowest BCUT2D eigenvalue weighted by Crippen LogP contribution is -2.39. The smallest absolute Gasteiger partial charge is 0.234 e. The molecular formula is C30H27NO5S. The first kappa shape index (κ1) is 23.8. The lowest BCUT2D eigenvalue weighted by molar-refractivity contribution is -0.140. The highest BCUT2D eigenvalue weighted by atomic mass is 32.1. The number of aromatic hydroxyl groups is 1. The van der Waals surface area contributed by atoms with Crippen LogP contribution < -0.4 is 0 Å². The predicted molar refractivity (Wildman–Crippen MR) is 139 cm³/mol. The Morgan fingerprint density at radius 1 is 1.03 bits per heavy atom. The molecule has 6 nitrogen and oxygen atoms in total. The topological polar surface area (TPSA) is 91.8 Å². The summed E-state index contributed by atoms with van der Waals surface area (Å²) in [5, 5.41) is 12.3. The number of phenols is 1. The number of phenolic OH excluding ortho intramolecular Hbond substituents is 1. The van der Waals surface area contributed by atoms with Crippen LogP contribution in [0.3, 0.4) is 0 Å². The molecule has 1 saturated heterocycles. The first-order valence-corrected chi connectivity index (χ1v) is 13.4. The van der Waals surface area contributed by atoms with Gasteiger partial charge in [0.05, 0.1) is 18.4 Å². The third-order valence-electron chi connectivity index (χ3n) is 8.39. The number of ketones is 2. The summed E-state index contributed by atoms with van der Waals surface area (Å²) in [4.78, 5) is 56.2. The number of allylic oxidation sites excluding steroid dienone is 6. The highest BCUT2D eigenvalue weighted by Gasteiger charge is 2.56. The molecule has 3 aliphatic carbocycles. The molecular weight excluding hydrogens is 486 g/mol. The molecule has 2 aromatic rings. The van der Waals surface area contributed by atoms with Crippen molar-refractivity contribution in [2.24, 2.45) is 17.8 Å². The molecule has 4 unspecified atom stereocenters. The van der Waals surface area contributed by atoms with Crippen LogP contribution in [0.5, 0.6) is 5.75 Å². The zero-order chi connectivity index (χ0) is 26.2. The van der Waals surface area contributed by atoms with E-state index >= 15 is 0 Å². The van der Waals surface area contributed by atoms with Gasteiger partial charge in [0.25, 0.3) is 0 Å².